The summed E-state index contributed by atoms with van der Waals surface area (Å²) in [5, 5.41) is 7.43. The zero-order chi connectivity index (χ0) is 37.3. The second-order valence-corrected chi connectivity index (χ2v) is 17.6. The molecule has 7 rings (SSSR count). The van der Waals surface area contributed by atoms with Gasteiger partial charge < -0.3 is 9.30 Å². The number of ether oxygens (including phenoxy) is 1. The van der Waals surface area contributed by atoms with Gasteiger partial charge in [-0.15, -0.1) is 41.3 Å². The van der Waals surface area contributed by atoms with Crippen LogP contribution in [0.25, 0.3) is 33.3 Å². The van der Waals surface area contributed by atoms with Gasteiger partial charge >= 0.3 is 21.1 Å². The topological polar surface area (TPSA) is 44.9 Å². The van der Waals surface area contributed by atoms with Crippen LogP contribution in [-0.2, 0) is 31.9 Å². The van der Waals surface area contributed by atoms with Crippen molar-refractivity contribution in [2.24, 2.45) is 17.8 Å². The number of rotatable bonds is 6. The molecular weight excluding hydrogens is 832 g/mol. The molecule has 6 heteroatoms. The Bertz CT molecular complexity index is 2330. The normalized spacial score (nSPS) is 18.1. The largest absolute Gasteiger partial charge is 2.00 e. The molecule has 3 heterocycles. The van der Waals surface area contributed by atoms with Crippen molar-refractivity contribution in [2.45, 2.75) is 106 Å². The van der Waals surface area contributed by atoms with E-state index >= 15 is 0 Å². The van der Waals surface area contributed by atoms with Crippen LogP contribution in [0.1, 0.15) is 110 Å². The Labute approximate surface area is 331 Å². The maximum absolute atomic E-state index is 6.72. The predicted octanol–water partition coefficient (Wildman–Crippen LogP) is 12.3. The van der Waals surface area contributed by atoms with Crippen molar-refractivity contribution >= 4 is 21.8 Å². The van der Waals surface area contributed by atoms with Crippen LogP contribution in [0.5, 0.6) is 11.5 Å². The van der Waals surface area contributed by atoms with E-state index in [2.05, 4.69) is 165 Å². The number of benzene rings is 3. The Morgan fingerprint density at radius 3 is 2.23 bits per heavy atom. The summed E-state index contributed by atoms with van der Waals surface area (Å²) in [5.41, 5.74) is 10.2. The SMILES string of the molecule is CC1=C[C@H](C(C)C)C[C@H](C)C1c1c(C)nn(-c2[c-]c(Oc3[c-]c4c(cc3)c3ccccc3n4-c3cc(C(C)(C)C)ccn3)cc(C(C)(C)C)c2)c1C.[Pt+2]. The summed E-state index contributed by atoms with van der Waals surface area (Å²) in [6, 6.07) is 28.5. The van der Waals surface area contributed by atoms with E-state index in [4.69, 9.17) is 14.8 Å². The smallest absolute Gasteiger partial charge is 0.509 e. The van der Waals surface area contributed by atoms with Crippen molar-refractivity contribution in [2.75, 3.05) is 0 Å². The molecule has 6 aromatic rings. The standard InChI is InChI=1S/C47H54N4O.Pt/c1-28(2)33-21-29(3)44(30(4)22-33)45-31(5)49-51(32(45)6)36-23-35(47(10,11)12)24-38(26-36)52-37-17-18-40-39-15-13-14-16-41(39)50(42(40)27-37)43-25-34(19-20-48-43)46(7,8)9;/h13-21,23-25,28,30,33,44H,22H2,1-12H3;/q-2;+2/t30-,33-,44?;/m0./s1. The summed E-state index contributed by atoms with van der Waals surface area (Å²) < 4.78 is 11.0. The quantitative estimate of drug-likeness (QED) is 0.124. The van der Waals surface area contributed by atoms with Crippen molar-refractivity contribution in [1.82, 2.24) is 19.3 Å². The average Bonchev–Trinajstić information content (AvgIpc) is 3.56. The molecule has 0 spiro atoms. The first kappa shape index (κ1) is 38.8. The van der Waals surface area contributed by atoms with Gasteiger partial charge in [-0.1, -0.05) is 97.7 Å². The van der Waals surface area contributed by atoms with Crippen LogP contribution in [-0.4, -0.2) is 19.3 Å². The maximum Gasteiger partial charge on any atom is 2.00 e. The van der Waals surface area contributed by atoms with E-state index < -0.39 is 0 Å². The number of hydrogen-bond donors (Lipinski definition) is 0. The zero-order valence-electron chi connectivity index (χ0n) is 33.5. The van der Waals surface area contributed by atoms with Gasteiger partial charge in [0.05, 0.1) is 5.69 Å². The third kappa shape index (κ3) is 7.31. The molecule has 3 aromatic heterocycles. The molecule has 5 nitrogen and oxygen atoms in total. The maximum atomic E-state index is 6.72. The number of nitrogens with zero attached hydrogens (tertiary/aromatic N) is 4. The third-order valence-electron chi connectivity index (χ3n) is 11.2. The first-order chi connectivity index (χ1) is 24.5. The molecule has 0 amide bonds. The molecule has 0 aliphatic heterocycles. The molecule has 0 radical (unpaired) electrons. The van der Waals surface area contributed by atoms with Crippen molar-refractivity contribution in [1.29, 1.82) is 0 Å². The molecule has 1 unspecified atom stereocenters. The Morgan fingerprint density at radius 2 is 1.55 bits per heavy atom. The number of aromatic nitrogens is 4. The molecule has 1 aliphatic rings. The fourth-order valence-electron chi connectivity index (χ4n) is 8.27. The molecule has 53 heavy (non-hydrogen) atoms. The first-order valence-electron chi connectivity index (χ1n) is 18.9. The van der Waals surface area contributed by atoms with Crippen LogP contribution in [0.3, 0.4) is 0 Å². The number of para-hydroxylation sites is 1. The number of allylic oxidation sites excluding steroid dienone is 2. The molecule has 0 N–H and O–H groups in total. The number of aryl methyl sites for hydroxylation is 1. The van der Waals surface area contributed by atoms with Gasteiger partial charge in [0.2, 0.25) is 0 Å². The monoisotopic (exact) mass is 885 g/mol. The third-order valence-corrected chi connectivity index (χ3v) is 11.2. The fraction of sp³-hybridized carbons (Fsp3) is 0.404. The number of fused-ring (bicyclic) bond motifs is 3. The minimum Gasteiger partial charge on any atom is -0.509 e. The predicted molar refractivity (Wildman–Crippen MR) is 215 cm³/mol. The molecule has 0 saturated heterocycles. The Hall–Kier alpha value is -3.95. The van der Waals surface area contributed by atoms with Gasteiger partial charge in [0, 0.05) is 40.4 Å². The summed E-state index contributed by atoms with van der Waals surface area (Å²) in [7, 11) is 0. The fourth-order valence-corrected chi connectivity index (χ4v) is 8.27. The molecule has 0 bridgehead atoms. The number of pyridine rings is 1. The van der Waals surface area contributed by atoms with E-state index in [0.717, 1.165) is 44.6 Å². The van der Waals surface area contributed by atoms with E-state index in [1.807, 2.05) is 12.3 Å². The summed E-state index contributed by atoms with van der Waals surface area (Å²) in [6.07, 6.45) is 5.63. The Balaban J connectivity index is 0.00000481. The van der Waals surface area contributed by atoms with Gasteiger partial charge in [-0.3, -0.25) is 4.68 Å². The van der Waals surface area contributed by atoms with Gasteiger partial charge in [0.25, 0.3) is 0 Å². The molecule has 0 saturated carbocycles. The summed E-state index contributed by atoms with van der Waals surface area (Å²) >= 11 is 0. The molecular formula is C47H54N4OPt. The second-order valence-electron chi connectivity index (χ2n) is 17.6. The van der Waals surface area contributed by atoms with Crippen molar-refractivity contribution in [3.63, 3.8) is 0 Å². The van der Waals surface area contributed by atoms with Gasteiger partial charge in [-0.25, -0.2) is 4.98 Å². The summed E-state index contributed by atoms with van der Waals surface area (Å²) in [5.74, 6) is 4.31. The van der Waals surface area contributed by atoms with Gasteiger partial charge in [0.1, 0.15) is 5.82 Å². The van der Waals surface area contributed by atoms with Crippen LogP contribution in [0.2, 0.25) is 0 Å². The molecule has 278 valence electrons. The first-order valence-corrected chi connectivity index (χ1v) is 18.9. The van der Waals surface area contributed by atoms with E-state index in [1.165, 1.54) is 28.8 Å². The van der Waals surface area contributed by atoms with Gasteiger partial charge in [0.15, 0.2) is 0 Å². The van der Waals surface area contributed by atoms with E-state index in [0.29, 0.717) is 35.2 Å². The van der Waals surface area contributed by atoms with Crippen LogP contribution in [0.4, 0.5) is 0 Å². The molecule has 3 atom stereocenters. The molecule has 0 fully saturated rings. The molecule has 3 aromatic carbocycles. The Kier molecular flexibility index (Phi) is 10.5. The van der Waals surface area contributed by atoms with Crippen LogP contribution < -0.4 is 4.74 Å². The van der Waals surface area contributed by atoms with Crippen LogP contribution in [0.15, 0.2) is 78.5 Å². The Morgan fingerprint density at radius 1 is 0.830 bits per heavy atom. The molecule has 1 aliphatic carbocycles. The van der Waals surface area contributed by atoms with Crippen molar-refractivity contribution in [3.8, 4) is 23.0 Å². The summed E-state index contributed by atoms with van der Waals surface area (Å²) in [6.45, 7) is 27.2. The van der Waals surface area contributed by atoms with Gasteiger partial charge in [-0.2, -0.15) is 11.2 Å². The minimum absolute atomic E-state index is 0. The van der Waals surface area contributed by atoms with Crippen LogP contribution in [0, 0.1) is 43.7 Å². The minimum atomic E-state index is -0.117. The zero-order valence-corrected chi connectivity index (χ0v) is 35.7. The van der Waals surface area contributed by atoms with Gasteiger partial charge in [-0.05, 0) is 90.6 Å². The second kappa shape index (κ2) is 14.4. The van der Waals surface area contributed by atoms with E-state index in [-0.39, 0.29) is 31.9 Å². The number of hydrogen-bond acceptors (Lipinski definition) is 3. The van der Waals surface area contributed by atoms with E-state index in [1.54, 1.807) is 0 Å². The summed E-state index contributed by atoms with van der Waals surface area (Å²) in [4.78, 5) is 4.85. The van der Waals surface area contributed by atoms with Crippen LogP contribution >= 0.6 is 0 Å². The van der Waals surface area contributed by atoms with E-state index in [9.17, 15) is 0 Å². The average molecular weight is 886 g/mol. The van der Waals surface area contributed by atoms with Crippen molar-refractivity contribution < 1.29 is 25.8 Å². The van der Waals surface area contributed by atoms with Crippen molar-refractivity contribution in [3.05, 3.63) is 119 Å².